The summed E-state index contributed by atoms with van der Waals surface area (Å²) in [5, 5.41) is 4.10. The molecule has 6 heteroatoms. The fourth-order valence-corrected chi connectivity index (χ4v) is 2.93. The van der Waals surface area contributed by atoms with Crippen LogP contribution in [0.15, 0.2) is 15.0 Å². The van der Waals surface area contributed by atoms with Crippen molar-refractivity contribution >= 4 is 0 Å². The van der Waals surface area contributed by atoms with E-state index in [1.165, 1.54) is 5.56 Å². The first-order valence-electron chi connectivity index (χ1n) is 8.50. The predicted octanol–water partition coefficient (Wildman–Crippen LogP) is 3.24. The van der Waals surface area contributed by atoms with E-state index in [9.17, 15) is 0 Å². The first-order valence-corrected chi connectivity index (χ1v) is 8.50. The maximum absolute atomic E-state index is 5.96. The van der Waals surface area contributed by atoms with Gasteiger partial charge in [-0.3, -0.25) is 4.90 Å². The molecule has 0 bridgehead atoms. The maximum Gasteiger partial charge on any atom is 0.293 e. The molecular weight excluding hydrogens is 294 g/mol. The Kier molecular flexibility index (Phi) is 5.13. The zero-order valence-electron chi connectivity index (χ0n) is 14.2. The van der Waals surface area contributed by atoms with Crippen LogP contribution in [0.1, 0.15) is 50.3 Å². The van der Waals surface area contributed by atoms with Crippen molar-refractivity contribution in [2.75, 3.05) is 26.3 Å². The number of nitrogens with zero attached hydrogens (tertiary/aromatic N) is 3. The summed E-state index contributed by atoms with van der Waals surface area (Å²) in [6.45, 7) is 10.8. The molecule has 2 aromatic heterocycles. The number of ether oxygens (including phenoxy) is 1. The molecule has 3 heterocycles. The molecule has 1 fully saturated rings. The van der Waals surface area contributed by atoms with Crippen LogP contribution >= 0.6 is 0 Å². The van der Waals surface area contributed by atoms with E-state index >= 15 is 0 Å². The molecule has 1 saturated heterocycles. The molecule has 3 rings (SSSR count). The molecule has 6 nitrogen and oxygen atoms in total. The van der Waals surface area contributed by atoms with Crippen LogP contribution in [0.4, 0.5) is 0 Å². The minimum absolute atomic E-state index is 0.239. The molecule has 1 aliphatic heterocycles. The fraction of sp³-hybridized carbons (Fsp3) is 0.647. The summed E-state index contributed by atoms with van der Waals surface area (Å²) < 4.78 is 16.8. The zero-order valence-corrected chi connectivity index (χ0v) is 14.2. The van der Waals surface area contributed by atoms with Gasteiger partial charge >= 0.3 is 0 Å². The molecule has 1 atom stereocenters. The van der Waals surface area contributed by atoms with Gasteiger partial charge in [0, 0.05) is 31.1 Å². The highest BCUT2D eigenvalue weighted by Crippen LogP contribution is 2.29. The summed E-state index contributed by atoms with van der Waals surface area (Å²) in [5.74, 6) is 3.09. The molecular formula is C17H25N3O3. The number of hydrogen-bond donors (Lipinski definition) is 0. The van der Waals surface area contributed by atoms with Gasteiger partial charge in [0.25, 0.3) is 5.89 Å². The maximum atomic E-state index is 5.96. The van der Waals surface area contributed by atoms with Crippen LogP contribution in [0, 0.1) is 0 Å². The zero-order chi connectivity index (χ0) is 16.2. The Bertz CT molecular complexity index is 625. The third-order valence-electron chi connectivity index (χ3n) is 4.45. The Morgan fingerprint density at radius 1 is 1.26 bits per heavy atom. The molecule has 0 aliphatic carbocycles. The van der Waals surface area contributed by atoms with Crippen LogP contribution in [-0.4, -0.2) is 41.3 Å². The second-order valence-electron chi connectivity index (χ2n) is 5.89. The van der Waals surface area contributed by atoms with Crippen LogP contribution in [0.3, 0.4) is 0 Å². The van der Waals surface area contributed by atoms with Crippen molar-refractivity contribution in [3.05, 3.63) is 23.2 Å². The lowest BCUT2D eigenvalue weighted by Gasteiger charge is -2.17. The second kappa shape index (κ2) is 7.27. The van der Waals surface area contributed by atoms with Crippen molar-refractivity contribution < 1.29 is 13.7 Å². The Labute approximate surface area is 136 Å². The Balaban J connectivity index is 1.81. The van der Waals surface area contributed by atoms with Crippen LogP contribution in [0.5, 0.6) is 0 Å². The Morgan fingerprint density at radius 3 is 2.74 bits per heavy atom. The highest BCUT2D eigenvalue weighted by Gasteiger charge is 2.25. The Hall–Kier alpha value is -1.66. The minimum atomic E-state index is 0.239. The molecule has 0 amide bonds. The Morgan fingerprint density at radius 2 is 2.09 bits per heavy atom. The van der Waals surface area contributed by atoms with E-state index < -0.39 is 0 Å². The average Bonchev–Trinajstić information content (AvgIpc) is 3.31. The molecule has 23 heavy (non-hydrogen) atoms. The summed E-state index contributed by atoms with van der Waals surface area (Å²) in [5.41, 5.74) is 1.20. The molecule has 0 N–H and O–H groups in total. The van der Waals surface area contributed by atoms with Crippen molar-refractivity contribution in [2.24, 2.45) is 0 Å². The minimum Gasteiger partial charge on any atom is -0.456 e. The summed E-state index contributed by atoms with van der Waals surface area (Å²) in [6, 6.07) is 2.04. The lowest BCUT2D eigenvalue weighted by molar-refractivity contribution is 0.192. The number of hydrogen-bond acceptors (Lipinski definition) is 6. The first-order chi connectivity index (χ1) is 11.2. The average molecular weight is 319 g/mol. The van der Waals surface area contributed by atoms with Crippen LogP contribution in [0.2, 0.25) is 0 Å². The lowest BCUT2D eigenvalue weighted by Crippen LogP contribution is -2.22. The van der Waals surface area contributed by atoms with Gasteiger partial charge in [-0.2, -0.15) is 4.98 Å². The molecule has 1 aliphatic rings. The van der Waals surface area contributed by atoms with Gasteiger partial charge in [-0.1, -0.05) is 25.9 Å². The molecule has 0 aromatic carbocycles. The monoisotopic (exact) mass is 319 g/mol. The SMILES string of the molecule is CCc1oc(-c2nc(C3CCOC3)no2)cc1CN(CC)CC. The number of furan rings is 1. The van der Waals surface area contributed by atoms with Gasteiger partial charge in [0.15, 0.2) is 11.6 Å². The molecule has 1 unspecified atom stereocenters. The molecule has 126 valence electrons. The first kappa shape index (κ1) is 16.2. The van der Waals surface area contributed by atoms with Gasteiger partial charge in [0.1, 0.15) is 5.76 Å². The van der Waals surface area contributed by atoms with Crippen molar-refractivity contribution in [3.8, 4) is 11.7 Å². The largest absolute Gasteiger partial charge is 0.456 e. The summed E-state index contributed by atoms with van der Waals surface area (Å²) >= 11 is 0. The van der Waals surface area contributed by atoms with E-state index in [0.29, 0.717) is 18.3 Å². The van der Waals surface area contributed by atoms with E-state index in [1.54, 1.807) is 0 Å². The number of rotatable bonds is 7. The standard InChI is InChI=1S/C17H25N3O3/c1-4-14-13(10-20(5-2)6-3)9-15(22-14)17-18-16(19-23-17)12-7-8-21-11-12/h9,12H,4-8,10-11H2,1-3H3. The van der Waals surface area contributed by atoms with E-state index in [2.05, 4.69) is 35.8 Å². The molecule has 2 aromatic rings. The molecule has 0 radical (unpaired) electrons. The van der Waals surface area contributed by atoms with Gasteiger partial charge in [-0.15, -0.1) is 0 Å². The van der Waals surface area contributed by atoms with Crippen molar-refractivity contribution in [1.82, 2.24) is 15.0 Å². The van der Waals surface area contributed by atoms with Gasteiger partial charge in [-0.05, 0) is 25.6 Å². The quantitative estimate of drug-likeness (QED) is 0.780. The van der Waals surface area contributed by atoms with Crippen molar-refractivity contribution in [2.45, 2.75) is 46.1 Å². The fourth-order valence-electron chi connectivity index (χ4n) is 2.93. The predicted molar refractivity (Wildman–Crippen MR) is 86.2 cm³/mol. The van der Waals surface area contributed by atoms with Gasteiger partial charge in [0.2, 0.25) is 0 Å². The highest BCUT2D eigenvalue weighted by atomic mass is 16.5. The van der Waals surface area contributed by atoms with Gasteiger partial charge < -0.3 is 13.7 Å². The van der Waals surface area contributed by atoms with Crippen molar-refractivity contribution in [1.29, 1.82) is 0 Å². The molecule has 0 spiro atoms. The van der Waals surface area contributed by atoms with Gasteiger partial charge in [0.05, 0.1) is 6.61 Å². The number of aryl methyl sites for hydroxylation is 1. The van der Waals surface area contributed by atoms with Crippen LogP contribution in [0.25, 0.3) is 11.7 Å². The number of aromatic nitrogens is 2. The summed E-state index contributed by atoms with van der Waals surface area (Å²) in [4.78, 5) is 6.87. The van der Waals surface area contributed by atoms with Gasteiger partial charge in [-0.25, -0.2) is 0 Å². The lowest BCUT2D eigenvalue weighted by atomic mass is 10.1. The summed E-state index contributed by atoms with van der Waals surface area (Å²) in [7, 11) is 0. The van der Waals surface area contributed by atoms with E-state index in [0.717, 1.165) is 50.7 Å². The third-order valence-corrected chi connectivity index (χ3v) is 4.45. The van der Waals surface area contributed by atoms with Crippen LogP contribution < -0.4 is 0 Å². The van der Waals surface area contributed by atoms with Crippen LogP contribution in [-0.2, 0) is 17.7 Å². The van der Waals surface area contributed by atoms with E-state index in [1.807, 2.05) is 6.07 Å². The normalized spacial score (nSPS) is 18.2. The van der Waals surface area contributed by atoms with E-state index in [-0.39, 0.29) is 5.92 Å². The van der Waals surface area contributed by atoms with Crippen molar-refractivity contribution in [3.63, 3.8) is 0 Å². The topological polar surface area (TPSA) is 64.5 Å². The smallest absolute Gasteiger partial charge is 0.293 e. The molecule has 0 saturated carbocycles. The third kappa shape index (κ3) is 3.48. The highest BCUT2D eigenvalue weighted by molar-refractivity contribution is 5.47. The summed E-state index contributed by atoms with van der Waals surface area (Å²) in [6.07, 6.45) is 1.80. The van der Waals surface area contributed by atoms with E-state index in [4.69, 9.17) is 13.7 Å². The second-order valence-corrected chi connectivity index (χ2v) is 5.89.